The minimum atomic E-state index is -0.508. The third kappa shape index (κ3) is 4.83. The molecule has 2 aromatic carbocycles. The molecule has 0 spiro atoms. The fraction of sp³-hybridized carbons (Fsp3) is 0.300. The highest BCUT2D eigenvalue weighted by molar-refractivity contribution is 5.94. The van der Waals surface area contributed by atoms with Crippen molar-refractivity contribution in [3.8, 4) is 0 Å². The summed E-state index contributed by atoms with van der Waals surface area (Å²) in [7, 11) is 0. The molecule has 6 nitrogen and oxygen atoms in total. The van der Waals surface area contributed by atoms with E-state index in [9.17, 15) is 9.59 Å². The van der Waals surface area contributed by atoms with Crippen LogP contribution in [-0.2, 0) is 16.1 Å². The van der Waals surface area contributed by atoms with E-state index >= 15 is 0 Å². The summed E-state index contributed by atoms with van der Waals surface area (Å²) in [6, 6.07) is 18.4. The highest BCUT2D eigenvalue weighted by Crippen LogP contribution is 2.12. The maximum atomic E-state index is 12.7. The Balaban J connectivity index is 1.52. The number of amides is 2. The SMILES string of the molecule is O=C(NCC1COCCN1C(=O)c1ccccc1)OCc1ccccc1. The Hall–Kier alpha value is -2.86. The fourth-order valence-corrected chi connectivity index (χ4v) is 2.81. The van der Waals surface area contributed by atoms with Crippen LogP contribution >= 0.6 is 0 Å². The van der Waals surface area contributed by atoms with Crippen LogP contribution in [-0.4, -0.2) is 49.2 Å². The molecule has 26 heavy (non-hydrogen) atoms. The van der Waals surface area contributed by atoms with Crippen molar-refractivity contribution in [2.45, 2.75) is 12.6 Å². The smallest absolute Gasteiger partial charge is 0.407 e. The van der Waals surface area contributed by atoms with Gasteiger partial charge in [0, 0.05) is 18.7 Å². The highest BCUT2D eigenvalue weighted by atomic mass is 16.5. The lowest BCUT2D eigenvalue weighted by Gasteiger charge is -2.35. The van der Waals surface area contributed by atoms with Crippen molar-refractivity contribution in [3.05, 3.63) is 71.8 Å². The second-order valence-corrected chi connectivity index (χ2v) is 6.04. The molecule has 2 amide bonds. The van der Waals surface area contributed by atoms with Crippen molar-refractivity contribution in [2.75, 3.05) is 26.3 Å². The van der Waals surface area contributed by atoms with Crippen molar-refractivity contribution in [3.63, 3.8) is 0 Å². The zero-order valence-corrected chi connectivity index (χ0v) is 14.5. The molecule has 1 aliphatic heterocycles. The maximum absolute atomic E-state index is 12.7. The third-order valence-corrected chi connectivity index (χ3v) is 4.20. The number of rotatable bonds is 5. The van der Waals surface area contributed by atoms with Gasteiger partial charge in [0.2, 0.25) is 0 Å². The van der Waals surface area contributed by atoms with Crippen LogP contribution in [0.5, 0.6) is 0 Å². The first-order valence-electron chi connectivity index (χ1n) is 8.62. The number of morpholine rings is 1. The van der Waals surface area contributed by atoms with Crippen LogP contribution in [0.15, 0.2) is 60.7 Å². The molecule has 1 heterocycles. The average molecular weight is 354 g/mol. The molecule has 2 aromatic rings. The summed E-state index contributed by atoms with van der Waals surface area (Å²) in [5.41, 5.74) is 1.55. The summed E-state index contributed by atoms with van der Waals surface area (Å²) >= 11 is 0. The molecule has 1 aliphatic rings. The summed E-state index contributed by atoms with van der Waals surface area (Å²) < 4.78 is 10.7. The first kappa shape index (κ1) is 17.9. The van der Waals surface area contributed by atoms with Crippen molar-refractivity contribution in [1.29, 1.82) is 0 Å². The second-order valence-electron chi connectivity index (χ2n) is 6.04. The van der Waals surface area contributed by atoms with E-state index in [1.165, 1.54) is 0 Å². The third-order valence-electron chi connectivity index (χ3n) is 4.20. The zero-order valence-electron chi connectivity index (χ0n) is 14.5. The van der Waals surface area contributed by atoms with E-state index in [1.807, 2.05) is 48.5 Å². The van der Waals surface area contributed by atoms with E-state index in [4.69, 9.17) is 9.47 Å². The van der Waals surface area contributed by atoms with E-state index < -0.39 is 6.09 Å². The van der Waals surface area contributed by atoms with Crippen molar-refractivity contribution >= 4 is 12.0 Å². The van der Waals surface area contributed by atoms with Crippen LogP contribution in [0, 0.1) is 0 Å². The summed E-state index contributed by atoms with van der Waals surface area (Å²) in [6.07, 6.45) is -0.508. The minimum absolute atomic E-state index is 0.0571. The van der Waals surface area contributed by atoms with Crippen molar-refractivity contribution in [2.24, 2.45) is 0 Å². The van der Waals surface area contributed by atoms with E-state index in [1.54, 1.807) is 17.0 Å². The Morgan fingerprint density at radius 2 is 1.77 bits per heavy atom. The Labute approximate surface area is 152 Å². The lowest BCUT2D eigenvalue weighted by atomic mass is 10.1. The first-order valence-corrected chi connectivity index (χ1v) is 8.62. The van der Waals surface area contributed by atoms with E-state index in [-0.39, 0.29) is 25.1 Å². The second kappa shape index (κ2) is 9.01. The predicted octanol–water partition coefficient (Wildman–Crippen LogP) is 2.45. The normalized spacial score (nSPS) is 16.8. The molecular weight excluding hydrogens is 332 g/mol. The van der Waals surface area contributed by atoms with E-state index in [0.29, 0.717) is 25.3 Å². The summed E-state index contributed by atoms with van der Waals surface area (Å²) in [5, 5.41) is 2.72. The predicted molar refractivity (Wildman–Crippen MR) is 96.7 cm³/mol. The highest BCUT2D eigenvalue weighted by Gasteiger charge is 2.28. The summed E-state index contributed by atoms with van der Waals surface area (Å²) in [5.74, 6) is -0.0571. The summed E-state index contributed by atoms with van der Waals surface area (Å²) in [6.45, 7) is 1.87. The Bertz CT molecular complexity index is 721. The number of nitrogens with one attached hydrogen (secondary N) is 1. The molecule has 0 bridgehead atoms. The van der Waals surface area contributed by atoms with Gasteiger partial charge in [-0.25, -0.2) is 4.79 Å². The van der Waals surface area contributed by atoms with Gasteiger partial charge in [-0.2, -0.15) is 0 Å². The Morgan fingerprint density at radius 3 is 2.50 bits per heavy atom. The standard InChI is InChI=1S/C20H22N2O4/c23-19(17-9-5-2-6-10-17)22-11-12-25-15-18(22)13-21-20(24)26-14-16-7-3-1-4-8-16/h1-10,18H,11-15H2,(H,21,24). The molecule has 1 atom stereocenters. The number of benzene rings is 2. The van der Waals surface area contributed by atoms with Gasteiger partial charge in [-0.1, -0.05) is 48.5 Å². The number of hydrogen-bond acceptors (Lipinski definition) is 4. The fourth-order valence-electron chi connectivity index (χ4n) is 2.81. The topological polar surface area (TPSA) is 67.9 Å². The molecule has 136 valence electrons. The van der Waals surface area contributed by atoms with Crippen LogP contribution in [0.1, 0.15) is 15.9 Å². The van der Waals surface area contributed by atoms with Gasteiger partial charge in [0.05, 0.1) is 19.3 Å². The number of carbonyl (C=O) groups is 2. The molecule has 6 heteroatoms. The number of hydrogen-bond donors (Lipinski definition) is 1. The molecule has 0 saturated carbocycles. The first-order chi connectivity index (χ1) is 12.7. The molecule has 3 rings (SSSR count). The van der Waals surface area contributed by atoms with Gasteiger partial charge < -0.3 is 19.7 Å². The van der Waals surface area contributed by atoms with Crippen LogP contribution in [0.2, 0.25) is 0 Å². The molecule has 1 unspecified atom stereocenters. The van der Waals surface area contributed by atoms with Gasteiger partial charge in [-0.15, -0.1) is 0 Å². The van der Waals surface area contributed by atoms with Gasteiger partial charge in [0.25, 0.3) is 5.91 Å². The number of alkyl carbamates (subject to hydrolysis) is 1. The van der Waals surface area contributed by atoms with Crippen LogP contribution in [0.3, 0.4) is 0 Å². The minimum Gasteiger partial charge on any atom is -0.445 e. The average Bonchev–Trinajstić information content (AvgIpc) is 2.72. The Morgan fingerprint density at radius 1 is 1.08 bits per heavy atom. The van der Waals surface area contributed by atoms with E-state index in [2.05, 4.69) is 5.32 Å². The van der Waals surface area contributed by atoms with Gasteiger partial charge in [-0.3, -0.25) is 4.79 Å². The van der Waals surface area contributed by atoms with Gasteiger partial charge >= 0.3 is 6.09 Å². The summed E-state index contributed by atoms with van der Waals surface area (Å²) in [4.78, 5) is 26.4. The molecule has 0 aliphatic carbocycles. The van der Waals surface area contributed by atoms with Crippen LogP contribution in [0.4, 0.5) is 4.79 Å². The van der Waals surface area contributed by atoms with Crippen LogP contribution < -0.4 is 5.32 Å². The molecule has 1 fully saturated rings. The number of carbonyl (C=O) groups excluding carboxylic acids is 2. The quantitative estimate of drug-likeness (QED) is 0.896. The maximum Gasteiger partial charge on any atom is 0.407 e. The molecule has 0 aromatic heterocycles. The van der Waals surface area contributed by atoms with Crippen molar-refractivity contribution in [1.82, 2.24) is 10.2 Å². The van der Waals surface area contributed by atoms with Gasteiger partial charge in [0.1, 0.15) is 6.61 Å². The lowest BCUT2D eigenvalue weighted by Crippen LogP contribution is -2.53. The molecular formula is C20H22N2O4. The lowest BCUT2D eigenvalue weighted by molar-refractivity contribution is -0.00164. The zero-order chi connectivity index (χ0) is 18.2. The van der Waals surface area contributed by atoms with E-state index in [0.717, 1.165) is 5.56 Å². The van der Waals surface area contributed by atoms with Crippen LogP contribution in [0.25, 0.3) is 0 Å². The molecule has 0 radical (unpaired) electrons. The largest absolute Gasteiger partial charge is 0.445 e. The van der Waals surface area contributed by atoms with Gasteiger partial charge in [0.15, 0.2) is 0 Å². The van der Waals surface area contributed by atoms with Gasteiger partial charge in [-0.05, 0) is 17.7 Å². The number of ether oxygens (including phenoxy) is 2. The molecule has 1 N–H and O–H groups in total. The Kier molecular flexibility index (Phi) is 6.22. The number of nitrogens with zero attached hydrogens (tertiary/aromatic N) is 1. The van der Waals surface area contributed by atoms with Crippen molar-refractivity contribution < 1.29 is 19.1 Å². The molecule has 1 saturated heterocycles. The monoisotopic (exact) mass is 354 g/mol.